The van der Waals surface area contributed by atoms with E-state index in [4.69, 9.17) is 11.6 Å². The van der Waals surface area contributed by atoms with Gasteiger partial charge < -0.3 is 20.4 Å². The second-order valence-electron chi connectivity index (χ2n) is 7.01. The predicted molar refractivity (Wildman–Crippen MR) is 107 cm³/mol. The van der Waals surface area contributed by atoms with Crippen molar-refractivity contribution in [2.24, 2.45) is 0 Å². The van der Waals surface area contributed by atoms with Crippen LogP contribution in [0.5, 0.6) is 0 Å². The van der Waals surface area contributed by atoms with Crippen molar-refractivity contribution in [3.8, 4) is 0 Å². The molecule has 0 bridgehead atoms. The summed E-state index contributed by atoms with van der Waals surface area (Å²) >= 11 is 6.01. The summed E-state index contributed by atoms with van der Waals surface area (Å²) in [5, 5.41) is 7.60. The van der Waals surface area contributed by atoms with Gasteiger partial charge >= 0.3 is 0 Å². The molecule has 142 valence electrons. The summed E-state index contributed by atoms with van der Waals surface area (Å²) in [4.78, 5) is 25.5. The minimum Gasteiger partial charge on any atom is -0.367 e. The zero-order chi connectivity index (χ0) is 18.8. The van der Waals surface area contributed by atoms with Gasteiger partial charge in [-0.15, -0.1) is 0 Å². The lowest BCUT2D eigenvalue weighted by Gasteiger charge is -2.26. The molecule has 2 aliphatic heterocycles. The molecule has 2 N–H and O–H groups in total. The Morgan fingerprint density at radius 3 is 2.63 bits per heavy atom. The fraction of sp³-hybridized carbons (Fsp3) is 0.421. The molecular formula is C19H23ClN6O. The van der Waals surface area contributed by atoms with Crippen LogP contribution in [0.2, 0.25) is 5.02 Å². The Kier molecular flexibility index (Phi) is 5.13. The van der Waals surface area contributed by atoms with E-state index in [-0.39, 0.29) is 12.5 Å². The third-order valence-electron chi connectivity index (χ3n) is 5.09. The van der Waals surface area contributed by atoms with Crippen LogP contribution in [0.3, 0.4) is 0 Å². The number of aromatic nitrogens is 2. The number of fused-ring (bicyclic) bond motifs is 1. The van der Waals surface area contributed by atoms with Gasteiger partial charge in [0.25, 0.3) is 0 Å². The van der Waals surface area contributed by atoms with Gasteiger partial charge in [0.05, 0.1) is 18.7 Å². The molecule has 1 aromatic heterocycles. The molecule has 1 fully saturated rings. The highest BCUT2D eigenvalue weighted by atomic mass is 35.5. The van der Waals surface area contributed by atoms with Gasteiger partial charge in [-0.3, -0.25) is 4.79 Å². The highest BCUT2D eigenvalue weighted by molar-refractivity contribution is 6.30. The van der Waals surface area contributed by atoms with E-state index in [0.717, 1.165) is 48.8 Å². The van der Waals surface area contributed by atoms with E-state index in [1.807, 2.05) is 24.1 Å². The lowest BCUT2D eigenvalue weighted by Crippen LogP contribution is -2.36. The Morgan fingerprint density at radius 1 is 1.15 bits per heavy atom. The highest BCUT2D eigenvalue weighted by Gasteiger charge is 2.28. The van der Waals surface area contributed by atoms with Crippen molar-refractivity contribution in [2.45, 2.75) is 25.4 Å². The Bertz CT molecular complexity index is 821. The Morgan fingerprint density at radius 2 is 1.89 bits per heavy atom. The average Bonchev–Trinajstić information content (AvgIpc) is 2.80. The summed E-state index contributed by atoms with van der Waals surface area (Å²) in [6.07, 6.45) is 3.67. The van der Waals surface area contributed by atoms with Crippen molar-refractivity contribution < 1.29 is 4.79 Å². The molecule has 0 unspecified atom stereocenters. The van der Waals surface area contributed by atoms with E-state index >= 15 is 0 Å². The molecule has 27 heavy (non-hydrogen) atoms. The number of amides is 1. The Balaban J connectivity index is 1.68. The van der Waals surface area contributed by atoms with Crippen LogP contribution in [0.15, 0.2) is 30.6 Å². The van der Waals surface area contributed by atoms with Gasteiger partial charge in [0, 0.05) is 23.8 Å². The van der Waals surface area contributed by atoms with E-state index in [1.54, 1.807) is 23.4 Å². The van der Waals surface area contributed by atoms with Crippen molar-refractivity contribution in [3.05, 3.63) is 41.2 Å². The maximum Gasteiger partial charge on any atom is 0.246 e. The van der Waals surface area contributed by atoms with Crippen molar-refractivity contribution >= 4 is 34.8 Å². The largest absolute Gasteiger partial charge is 0.367 e. The van der Waals surface area contributed by atoms with E-state index in [9.17, 15) is 4.79 Å². The Hall–Kier alpha value is -2.38. The van der Waals surface area contributed by atoms with Crippen LogP contribution in [-0.4, -0.2) is 48.6 Å². The highest BCUT2D eigenvalue weighted by Crippen LogP contribution is 2.31. The molecule has 3 heterocycles. The molecule has 2 aromatic rings. The van der Waals surface area contributed by atoms with E-state index in [2.05, 4.69) is 20.6 Å². The molecule has 0 saturated carbocycles. The molecule has 2 aliphatic rings. The van der Waals surface area contributed by atoms with Crippen LogP contribution in [0.4, 0.5) is 17.3 Å². The van der Waals surface area contributed by atoms with Crippen molar-refractivity contribution in [1.82, 2.24) is 15.3 Å². The van der Waals surface area contributed by atoms with Crippen molar-refractivity contribution in [2.75, 3.05) is 41.8 Å². The van der Waals surface area contributed by atoms with Crippen LogP contribution in [0.1, 0.15) is 18.4 Å². The average molecular weight is 387 g/mol. The Labute approximate surface area is 163 Å². The first-order valence-electron chi connectivity index (χ1n) is 9.20. The number of carbonyl (C=O) groups excluding carboxylic acids is 1. The van der Waals surface area contributed by atoms with Crippen LogP contribution in [0.25, 0.3) is 0 Å². The summed E-state index contributed by atoms with van der Waals surface area (Å²) < 4.78 is 0. The molecule has 1 saturated heterocycles. The van der Waals surface area contributed by atoms with Crippen LogP contribution >= 0.6 is 11.6 Å². The summed E-state index contributed by atoms with van der Waals surface area (Å²) in [5.74, 6) is 1.63. The van der Waals surface area contributed by atoms with Gasteiger partial charge in [-0.05, 0) is 50.2 Å². The zero-order valence-electron chi connectivity index (χ0n) is 15.3. The molecule has 0 radical (unpaired) electrons. The zero-order valence-corrected chi connectivity index (χ0v) is 16.0. The quantitative estimate of drug-likeness (QED) is 0.843. The fourth-order valence-electron chi connectivity index (χ4n) is 3.63. The van der Waals surface area contributed by atoms with Gasteiger partial charge in [-0.25, -0.2) is 9.97 Å². The molecule has 4 rings (SSSR count). The van der Waals surface area contributed by atoms with Crippen LogP contribution in [0, 0.1) is 0 Å². The predicted octanol–water partition coefficient (Wildman–Crippen LogP) is 2.28. The number of hydrogen-bond donors (Lipinski definition) is 2. The summed E-state index contributed by atoms with van der Waals surface area (Å²) in [6.45, 7) is 2.69. The SMILES string of the molecule is CN1CC(=O)N(c2ccc(Cl)cc2)Cc2c(NC3CCNCC3)ncnc21. The maximum absolute atomic E-state index is 12.9. The first kappa shape index (κ1) is 18.0. The number of carbonyl (C=O) groups is 1. The number of rotatable bonds is 3. The minimum absolute atomic E-state index is 0.0191. The number of benzene rings is 1. The number of anilines is 3. The van der Waals surface area contributed by atoms with E-state index < -0.39 is 0 Å². The second-order valence-corrected chi connectivity index (χ2v) is 7.44. The molecule has 0 aliphatic carbocycles. The van der Waals surface area contributed by atoms with E-state index in [1.165, 1.54) is 0 Å². The topological polar surface area (TPSA) is 73.4 Å². The summed E-state index contributed by atoms with van der Waals surface area (Å²) in [5.41, 5.74) is 1.77. The second kappa shape index (κ2) is 7.70. The maximum atomic E-state index is 12.9. The molecule has 1 aromatic carbocycles. The summed E-state index contributed by atoms with van der Waals surface area (Å²) in [6, 6.07) is 7.72. The smallest absolute Gasteiger partial charge is 0.246 e. The van der Waals surface area contributed by atoms with E-state index in [0.29, 0.717) is 17.6 Å². The first-order chi connectivity index (χ1) is 13.1. The van der Waals surface area contributed by atoms with Crippen LogP contribution in [-0.2, 0) is 11.3 Å². The van der Waals surface area contributed by atoms with Gasteiger partial charge in [-0.1, -0.05) is 11.6 Å². The van der Waals surface area contributed by atoms with Gasteiger partial charge in [-0.2, -0.15) is 0 Å². The monoisotopic (exact) mass is 386 g/mol. The molecule has 7 nitrogen and oxygen atoms in total. The normalized spacial score (nSPS) is 18.2. The lowest BCUT2D eigenvalue weighted by atomic mass is 10.1. The van der Waals surface area contributed by atoms with Gasteiger partial charge in [0.15, 0.2) is 0 Å². The van der Waals surface area contributed by atoms with Crippen molar-refractivity contribution in [3.63, 3.8) is 0 Å². The standard InChI is InChI=1S/C19H23ClN6O/c1-25-11-17(27)26(15-4-2-13(20)3-5-15)10-16-18(22-12-23-19(16)25)24-14-6-8-21-9-7-14/h2-5,12,14,21H,6-11H2,1H3,(H,22,23,24). The first-order valence-corrected chi connectivity index (χ1v) is 9.58. The number of nitrogens with zero attached hydrogens (tertiary/aromatic N) is 4. The number of hydrogen-bond acceptors (Lipinski definition) is 6. The molecule has 8 heteroatoms. The minimum atomic E-state index is 0.0191. The fourth-order valence-corrected chi connectivity index (χ4v) is 3.75. The van der Waals surface area contributed by atoms with Crippen molar-refractivity contribution in [1.29, 1.82) is 0 Å². The number of piperidine rings is 1. The van der Waals surface area contributed by atoms with Gasteiger partial charge in [0.1, 0.15) is 18.0 Å². The third-order valence-corrected chi connectivity index (χ3v) is 5.34. The lowest BCUT2D eigenvalue weighted by molar-refractivity contribution is -0.117. The summed E-state index contributed by atoms with van der Waals surface area (Å²) in [7, 11) is 1.89. The van der Waals surface area contributed by atoms with Gasteiger partial charge in [0.2, 0.25) is 5.91 Å². The molecule has 0 atom stereocenters. The number of nitrogens with one attached hydrogen (secondary N) is 2. The number of likely N-dealkylation sites (N-methyl/N-ethyl adjacent to an activating group) is 1. The molecule has 0 spiro atoms. The van der Waals surface area contributed by atoms with Crippen LogP contribution < -0.4 is 20.4 Å². The molecule has 1 amide bonds. The molecular weight excluding hydrogens is 364 g/mol. The number of halogens is 1. The third kappa shape index (κ3) is 3.84.